The third kappa shape index (κ3) is 3.47. The molecule has 0 amide bonds. The Morgan fingerprint density at radius 2 is 1.07 bits per heavy atom. The number of hydrogen-bond acceptors (Lipinski definition) is 2. The lowest BCUT2D eigenvalue weighted by Gasteiger charge is -2.18. The zero-order valence-corrected chi connectivity index (χ0v) is 18.8. The van der Waals surface area contributed by atoms with Crippen molar-refractivity contribution in [1.82, 2.24) is 9.97 Å². The van der Waals surface area contributed by atoms with Crippen molar-refractivity contribution in [3.05, 3.63) is 58.9 Å². The Bertz CT molecular complexity index is 1150. The number of nitrogens with zero attached hydrogens (tertiary/aromatic N) is 2. The zero-order chi connectivity index (χ0) is 20.8. The second-order valence-electron chi connectivity index (χ2n) is 9.98. The highest BCUT2D eigenvalue weighted by Crippen LogP contribution is 2.36. The van der Waals surface area contributed by atoms with Crippen LogP contribution in [0.1, 0.15) is 63.1 Å². The Hall–Kier alpha value is -2.48. The maximum Gasteiger partial charge on any atom is 0.0975 e. The van der Waals surface area contributed by atoms with Crippen LogP contribution in [0.3, 0.4) is 0 Å². The van der Waals surface area contributed by atoms with E-state index in [9.17, 15) is 0 Å². The van der Waals surface area contributed by atoms with Gasteiger partial charge in [0.2, 0.25) is 0 Å². The molecule has 5 rings (SSSR count). The number of benzene rings is 3. The minimum atomic E-state index is 0.645. The zero-order valence-electron chi connectivity index (χ0n) is 18.8. The Morgan fingerprint density at radius 1 is 0.633 bits per heavy atom. The number of hydrogen-bond donors (Lipinski definition) is 0. The maximum absolute atomic E-state index is 5.24. The molecule has 1 aliphatic carbocycles. The van der Waals surface area contributed by atoms with E-state index in [0.717, 1.165) is 36.7 Å². The number of aryl methyl sites for hydroxylation is 2. The highest BCUT2D eigenvalue weighted by atomic mass is 14.8. The summed E-state index contributed by atoms with van der Waals surface area (Å²) in [4.78, 5) is 10.5. The minimum Gasteiger partial charge on any atom is -0.249 e. The topological polar surface area (TPSA) is 25.8 Å². The van der Waals surface area contributed by atoms with E-state index in [0.29, 0.717) is 11.8 Å². The van der Waals surface area contributed by atoms with Gasteiger partial charge < -0.3 is 0 Å². The molecule has 1 aromatic heterocycles. The molecule has 0 atom stereocenters. The average molecular weight is 397 g/mol. The van der Waals surface area contributed by atoms with E-state index < -0.39 is 0 Å². The fraction of sp³-hybridized carbons (Fsp3) is 0.429. The summed E-state index contributed by atoms with van der Waals surface area (Å²) >= 11 is 0. The molecule has 1 aliphatic rings. The van der Waals surface area contributed by atoms with Gasteiger partial charge in [-0.15, -0.1) is 0 Å². The molecule has 0 N–H and O–H groups in total. The van der Waals surface area contributed by atoms with Crippen LogP contribution in [0, 0.1) is 11.8 Å². The average Bonchev–Trinajstić information content (AvgIpc) is 2.72. The van der Waals surface area contributed by atoms with Crippen LogP contribution in [0.4, 0.5) is 0 Å². The molecule has 0 fully saturated rings. The predicted octanol–water partition coefficient (Wildman–Crippen LogP) is 7.21. The lowest BCUT2D eigenvalue weighted by molar-refractivity contribution is 0.647. The fourth-order valence-corrected chi connectivity index (χ4v) is 5.11. The van der Waals surface area contributed by atoms with Gasteiger partial charge in [-0.2, -0.15) is 0 Å². The molecule has 2 nitrogen and oxygen atoms in total. The van der Waals surface area contributed by atoms with Crippen molar-refractivity contribution in [3.8, 4) is 0 Å². The molecule has 0 unspecified atom stereocenters. The SMILES string of the molecule is CC(C)Cc1ccc2c3ccc(CC(C)C)cc3c3nc4c(nc3c2c1)CCCC4. The molecule has 4 aromatic rings. The van der Waals surface area contributed by atoms with E-state index in [1.807, 2.05) is 0 Å². The summed E-state index contributed by atoms with van der Waals surface area (Å²) in [6, 6.07) is 14.0. The van der Waals surface area contributed by atoms with Crippen molar-refractivity contribution in [3.63, 3.8) is 0 Å². The van der Waals surface area contributed by atoms with Crippen LogP contribution in [0.2, 0.25) is 0 Å². The first kappa shape index (κ1) is 19.5. The first-order valence-electron chi connectivity index (χ1n) is 11.7. The quantitative estimate of drug-likeness (QED) is 0.341. The van der Waals surface area contributed by atoms with Gasteiger partial charge in [0.1, 0.15) is 0 Å². The molecule has 0 bridgehead atoms. The summed E-state index contributed by atoms with van der Waals surface area (Å²) in [5.41, 5.74) is 7.45. The summed E-state index contributed by atoms with van der Waals surface area (Å²) in [6.45, 7) is 9.15. The van der Waals surface area contributed by atoms with Crippen LogP contribution in [-0.4, -0.2) is 9.97 Å². The van der Waals surface area contributed by atoms with Gasteiger partial charge in [-0.3, -0.25) is 0 Å². The molecule has 2 heteroatoms. The molecule has 0 aliphatic heterocycles. The highest BCUT2D eigenvalue weighted by molar-refractivity contribution is 6.23. The summed E-state index contributed by atoms with van der Waals surface area (Å²) in [7, 11) is 0. The smallest absolute Gasteiger partial charge is 0.0975 e. The van der Waals surface area contributed by atoms with Crippen LogP contribution in [0.5, 0.6) is 0 Å². The molecule has 0 saturated heterocycles. The van der Waals surface area contributed by atoms with Gasteiger partial charge >= 0.3 is 0 Å². The number of aromatic nitrogens is 2. The molecule has 30 heavy (non-hydrogen) atoms. The molecule has 1 heterocycles. The molecule has 0 saturated carbocycles. The minimum absolute atomic E-state index is 0.645. The second-order valence-corrected chi connectivity index (χ2v) is 9.98. The van der Waals surface area contributed by atoms with Crippen molar-refractivity contribution in [2.45, 2.75) is 66.2 Å². The molecule has 3 aromatic carbocycles. The van der Waals surface area contributed by atoms with Crippen LogP contribution in [-0.2, 0) is 25.7 Å². The first-order valence-corrected chi connectivity index (χ1v) is 11.7. The van der Waals surface area contributed by atoms with Crippen LogP contribution >= 0.6 is 0 Å². The van der Waals surface area contributed by atoms with E-state index in [-0.39, 0.29) is 0 Å². The maximum atomic E-state index is 5.24. The van der Waals surface area contributed by atoms with Gasteiger partial charge in [0, 0.05) is 10.8 Å². The lowest BCUT2D eigenvalue weighted by Crippen LogP contribution is -2.08. The van der Waals surface area contributed by atoms with Crippen molar-refractivity contribution >= 4 is 32.6 Å². The van der Waals surface area contributed by atoms with Gasteiger partial charge in [0.25, 0.3) is 0 Å². The summed E-state index contributed by atoms with van der Waals surface area (Å²) in [5.74, 6) is 1.29. The molecule has 0 spiro atoms. The highest BCUT2D eigenvalue weighted by Gasteiger charge is 2.18. The Balaban J connectivity index is 1.86. The Labute approximate surface area is 179 Å². The fourth-order valence-electron chi connectivity index (χ4n) is 5.11. The number of rotatable bonds is 4. The van der Waals surface area contributed by atoms with Gasteiger partial charge in [-0.1, -0.05) is 52.0 Å². The van der Waals surface area contributed by atoms with E-state index in [4.69, 9.17) is 9.97 Å². The third-order valence-electron chi connectivity index (χ3n) is 6.38. The van der Waals surface area contributed by atoms with Crippen molar-refractivity contribution in [2.24, 2.45) is 11.8 Å². The van der Waals surface area contributed by atoms with E-state index in [2.05, 4.69) is 64.1 Å². The van der Waals surface area contributed by atoms with Gasteiger partial charge in [0.15, 0.2) is 0 Å². The number of fused-ring (bicyclic) bond motifs is 7. The third-order valence-corrected chi connectivity index (χ3v) is 6.38. The lowest BCUT2D eigenvalue weighted by atomic mass is 9.92. The van der Waals surface area contributed by atoms with Crippen molar-refractivity contribution < 1.29 is 0 Å². The van der Waals surface area contributed by atoms with Crippen LogP contribution < -0.4 is 0 Å². The molecular weight excluding hydrogens is 364 g/mol. The second kappa shape index (κ2) is 7.65. The van der Waals surface area contributed by atoms with Crippen LogP contribution in [0.15, 0.2) is 36.4 Å². The van der Waals surface area contributed by atoms with Gasteiger partial charge in [0.05, 0.1) is 22.4 Å². The monoisotopic (exact) mass is 396 g/mol. The van der Waals surface area contributed by atoms with Crippen LogP contribution in [0.25, 0.3) is 32.6 Å². The molecule has 154 valence electrons. The van der Waals surface area contributed by atoms with Gasteiger partial charge in [-0.05, 0) is 84.4 Å². The van der Waals surface area contributed by atoms with Crippen molar-refractivity contribution in [2.75, 3.05) is 0 Å². The molecular formula is C28H32N2. The normalized spacial score (nSPS) is 14.3. The van der Waals surface area contributed by atoms with E-state index in [1.54, 1.807) is 0 Å². The summed E-state index contributed by atoms with van der Waals surface area (Å²) in [6.07, 6.45) is 6.79. The van der Waals surface area contributed by atoms with Crippen molar-refractivity contribution in [1.29, 1.82) is 0 Å². The van der Waals surface area contributed by atoms with E-state index >= 15 is 0 Å². The largest absolute Gasteiger partial charge is 0.249 e. The predicted molar refractivity (Wildman–Crippen MR) is 128 cm³/mol. The first-order chi connectivity index (χ1) is 14.5. The van der Waals surface area contributed by atoms with Gasteiger partial charge in [-0.25, -0.2) is 9.97 Å². The van der Waals surface area contributed by atoms with E-state index in [1.165, 1.54) is 56.9 Å². The summed E-state index contributed by atoms with van der Waals surface area (Å²) in [5, 5.41) is 5.17. The molecule has 0 radical (unpaired) electrons. The Kier molecular flexibility index (Phi) is 4.97. The Morgan fingerprint density at radius 3 is 1.47 bits per heavy atom. The standard InChI is InChI=1S/C28H32N2/c1-17(2)13-19-9-11-21-22-12-10-20(14-18(3)4)16-24(22)28-27(23(21)15-19)29-25-7-5-6-8-26(25)30-28/h9-12,15-18H,5-8,13-14H2,1-4H3. The summed E-state index contributed by atoms with van der Waals surface area (Å²) < 4.78 is 0.